The largest absolute Gasteiger partial charge is 0.389 e. The number of ketones is 2. The van der Waals surface area contributed by atoms with Crippen LogP contribution >= 0.6 is 0 Å². The zero-order valence-corrected chi connectivity index (χ0v) is 11.0. The third-order valence-corrected chi connectivity index (χ3v) is 3.83. The fourth-order valence-corrected chi connectivity index (χ4v) is 2.84. The number of carbonyl (C=O) groups excluding carboxylic acids is 4. The standard InChI is InChI=1S/C14H16O5/c1-3-9(15)7-5-6-8(10(16)4-2)12-11(7)13(17)19-14(12)18/h7,11H,3-6H2,1-2H3. The zero-order valence-electron chi connectivity index (χ0n) is 11.0. The lowest BCUT2D eigenvalue weighted by Crippen LogP contribution is -2.32. The summed E-state index contributed by atoms with van der Waals surface area (Å²) in [7, 11) is 0. The predicted molar refractivity (Wildman–Crippen MR) is 64.9 cm³/mol. The molecule has 0 amide bonds. The molecule has 1 aliphatic heterocycles. The molecule has 1 fully saturated rings. The highest BCUT2D eigenvalue weighted by molar-refractivity contribution is 6.14. The molecule has 0 saturated carbocycles. The average Bonchev–Trinajstić information content (AvgIpc) is 2.72. The van der Waals surface area contributed by atoms with Gasteiger partial charge in [-0.3, -0.25) is 14.4 Å². The van der Waals surface area contributed by atoms with Crippen LogP contribution in [0.5, 0.6) is 0 Å². The smallest absolute Gasteiger partial charge is 0.342 e. The number of hydrogen-bond acceptors (Lipinski definition) is 5. The van der Waals surface area contributed by atoms with Gasteiger partial charge in [0.05, 0.1) is 11.5 Å². The lowest BCUT2D eigenvalue weighted by Gasteiger charge is -2.26. The van der Waals surface area contributed by atoms with E-state index in [1.165, 1.54) is 0 Å². The number of carbonyl (C=O) groups is 4. The summed E-state index contributed by atoms with van der Waals surface area (Å²) in [6.45, 7) is 3.43. The molecule has 0 N–H and O–H groups in total. The van der Waals surface area contributed by atoms with Gasteiger partial charge in [0.15, 0.2) is 5.78 Å². The molecular formula is C14H16O5. The molecule has 19 heavy (non-hydrogen) atoms. The highest BCUT2D eigenvalue weighted by Crippen LogP contribution is 2.41. The van der Waals surface area contributed by atoms with Gasteiger partial charge in [-0.1, -0.05) is 13.8 Å². The maximum absolute atomic E-state index is 11.9. The topological polar surface area (TPSA) is 77.5 Å². The van der Waals surface area contributed by atoms with Crippen LogP contribution in [0.3, 0.4) is 0 Å². The molecule has 0 spiro atoms. The SMILES string of the molecule is CCC(=O)C1=C2C(=O)OC(=O)C2C(C(=O)CC)CC1. The molecule has 1 aliphatic carbocycles. The van der Waals surface area contributed by atoms with Crippen molar-refractivity contribution in [3.05, 3.63) is 11.1 Å². The summed E-state index contributed by atoms with van der Waals surface area (Å²) >= 11 is 0. The first kappa shape index (κ1) is 13.6. The first-order chi connectivity index (χ1) is 9.01. The third kappa shape index (κ3) is 2.13. The third-order valence-electron chi connectivity index (χ3n) is 3.83. The lowest BCUT2D eigenvalue weighted by atomic mass is 9.72. The van der Waals surface area contributed by atoms with E-state index >= 15 is 0 Å². The molecule has 1 heterocycles. The molecule has 2 rings (SSSR count). The highest BCUT2D eigenvalue weighted by atomic mass is 16.6. The molecule has 0 bridgehead atoms. The Morgan fingerprint density at radius 1 is 1.21 bits per heavy atom. The summed E-state index contributed by atoms with van der Waals surface area (Å²) in [5, 5.41) is 0. The maximum Gasteiger partial charge on any atom is 0.342 e. The van der Waals surface area contributed by atoms with Crippen molar-refractivity contribution < 1.29 is 23.9 Å². The second kappa shape index (κ2) is 5.07. The molecule has 0 aromatic heterocycles. The number of cyclic esters (lactones) is 2. The molecule has 2 aliphatic rings. The van der Waals surface area contributed by atoms with Crippen molar-refractivity contribution in [1.82, 2.24) is 0 Å². The van der Waals surface area contributed by atoms with Gasteiger partial charge in [0.25, 0.3) is 0 Å². The van der Waals surface area contributed by atoms with Crippen LogP contribution in [0.4, 0.5) is 0 Å². The van der Waals surface area contributed by atoms with Crippen LogP contribution in [0.2, 0.25) is 0 Å². The van der Waals surface area contributed by atoms with Crippen LogP contribution in [0.25, 0.3) is 0 Å². The Kier molecular flexibility index (Phi) is 3.64. The van der Waals surface area contributed by atoms with Gasteiger partial charge in [-0.25, -0.2) is 4.79 Å². The molecular weight excluding hydrogens is 248 g/mol. The highest BCUT2D eigenvalue weighted by Gasteiger charge is 2.50. The van der Waals surface area contributed by atoms with Crippen LogP contribution in [-0.2, 0) is 23.9 Å². The van der Waals surface area contributed by atoms with E-state index in [1.807, 2.05) is 0 Å². The fraction of sp³-hybridized carbons (Fsp3) is 0.571. The average molecular weight is 264 g/mol. The van der Waals surface area contributed by atoms with Crippen molar-refractivity contribution in [2.45, 2.75) is 39.5 Å². The zero-order chi connectivity index (χ0) is 14.2. The Labute approximate surface area is 111 Å². The first-order valence-electron chi connectivity index (χ1n) is 6.56. The van der Waals surface area contributed by atoms with Crippen molar-refractivity contribution in [3.63, 3.8) is 0 Å². The molecule has 2 unspecified atom stereocenters. The summed E-state index contributed by atoms with van der Waals surface area (Å²) in [5.74, 6) is -3.02. The van der Waals surface area contributed by atoms with E-state index in [4.69, 9.17) is 0 Å². The van der Waals surface area contributed by atoms with Crippen molar-refractivity contribution in [1.29, 1.82) is 0 Å². The van der Waals surface area contributed by atoms with Crippen molar-refractivity contribution in [2.24, 2.45) is 11.8 Å². The quantitative estimate of drug-likeness (QED) is 0.565. The molecule has 0 aromatic rings. The number of fused-ring (bicyclic) bond motifs is 1. The van der Waals surface area contributed by atoms with E-state index in [2.05, 4.69) is 4.74 Å². The van der Waals surface area contributed by atoms with Crippen molar-refractivity contribution in [2.75, 3.05) is 0 Å². The lowest BCUT2D eigenvalue weighted by molar-refractivity contribution is -0.154. The monoisotopic (exact) mass is 264 g/mol. The number of rotatable bonds is 4. The van der Waals surface area contributed by atoms with E-state index in [0.29, 0.717) is 24.8 Å². The number of ether oxygens (including phenoxy) is 1. The molecule has 2 atom stereocenters. The van der Waals surface area contributed by atoms with Gasteiger partial charge in [-0.05, 0) is 12.8 Å². The van der Waals surface area contributed by atoms with Crippen LogP contribution in [0.1, 0.15) is 39.5 Å². The fourth-order valence-electron chi connectivity index (χ4n) is 2.84. The van der Waals surface area contributed by atoms with Gasteiger partial charge in [-0.2, -0.15) is 0 Å². The number of Topliss-reactive ketones (excluding diaryl/α,β-unsaturated/α-hetero) is 2. The van der Waals surface area contributed by atoms with Gasteiger partial charge in [0.2, 0.25) is 0 Å². The minimum absolute atomic E-state index is 0.0582. The number of hydrogen-bond donors (Lipinski definition) is 0. The Balaban J connectivity index is 2.48. The Hall–Kier alpha value is -1.78. The summed E-state index contributed by atoms with van der Waals surface area (Å²) in [4.78, 5) is 47.2. The van der Waals surface area contributed by atoms with Crippen LogP contribution in [0.15, 0.2) is 11.1 Å². The van der Waals surface area contributed by atoms with Crippen LogP contribution in [0, 0.1) is 11.8 Å². The minimum atomic E-state index is -0.862. The van der Waals surface area contributed by atoms with Gasteiger partial charge in [0.1, 0.15) is 5.78 Å². The summed E-state index contributed by atoms with van der Waals surface area (Å²) in [6, 6.07) is 0. The molecule has 0 radical (unpaired) electrons. The van der Waals surface area contributed by atoms with Crippen molar-refractivity contribution >= 4 is 23.5 Å². The van der Waals surface area contributed by atoms with Gasteiger partial charge in [-0.15, -0.1) is 0 Å². The molecule has 102 valence electrons. The van der Waals surface area contributed by atoms with E-state index < -0.39 is 23.8 Å². The second-order valence-corrected chi connectivity index (χ2v) is 4.82. The van der Waals surface area contributed by atoms with E-state index in [-0.39, 0.29) is 23.6 Å². The van der Waals surface area contributed by atoms with Crippen molar-refractivity contribution in [3.8, 4) is 0 Å². The van der Waals surface area contributed by atoms with Gasteiger partial charge in [0, 0.05) is 24.3 Å². The van der Waals surface area contributed by atoms with E-state index in [0.717, 1.165) is 0 Å². The van der Waals surface area contributed by atoms with E-state index in [1.54, 1.807) is 13.8 Å². The predicted octanol–water partition coefficient (Wildman–Crippen LogP) is 1.35. The van der Waals surface area contributed by atoms with Gasteiger partial charge < -0.3 is 4.74 Å². The second-order valence-electron chi connectivity index (χ2n) is 4.82. The molecule has 5 nitrogen and oxygen atoms in total. The minimum Gasteiger partial charge on any atom is -0.389 e. The molecule has 5 heteroatoms. The summed E-state index contributed by atoms with van der Waals surface area (Å²) in [6.07, 6.45) is 1.40. The van der Waals surface area contributed by atoms with Gasteiger partial charge >= 0.3 is 11.9 Å². The molecule has 1 saturated heterocycles. The Morgan fingerprint density at radius 3 is 2.47 bits per heavy atom. The van der Waals surface area contributed by atoms with Crippen LogP contribution < -0.4 is 0 Å². The Morgan fingerprint density at radius 2 is 1.89 bits per heavy atom. The van der Waals surface area contributed by atoms with E-state index in [9.17, 15) is 19.2 Å². The first-order valence-corrected chi connectivity index (χ1v) is 6.56. The van der Waals surface area contributed by atoms with Crippen LogP contribution in [-0.4, -0.2) is 23.5 Å². The summed E-state index contributed by atoms with van der Waals surface area (Å²) in [5.41, 5.74) is 0.512. The Bertz CT molecular complexity index is 500. The number of esters is 2. The number of allylic oxidation sites excluding steroid dienone is 1. The summed E-state index contributed by atoms with van der Waals surface area (Å²) < 4.78 is 4.62. The maximum atomic E-state index is 11.9. The molecule has 0 aromatic carbocycles. The normalized spacial score (nSPS) is 26.2.